The maximum atomic E-state index is 15.1. The molecule has 12 nitrogen and oxygen atoms in total. The molecule has 0 spiro atoms. The number of carbonyl (C=O) groups is 6. The quantitative estimate of drug-likeness (QED) is 0.117. The zero-order chi connectivity index (χ0) is 38.0. The largest absolute Gasteiger partial charge is 0.360 e. The van der Waals surface area contributed by atoms with E-state index in [9.17, 15) is 28.8 Å². The molecule has 2 saturated heterocycles. The number of benzene rings is 3. The number of hydrogen-bond donors (Lipinski definition) is 2. The van der Waals surface area contributed by atoms with E-state index in [1.54, 1.807) is 46.2 Å². The molecular formula is C41H45FN6O6. The van der Waals surface area contributed by atoms with Gasteiger partial charge < -0.3 is 29.9 Å². The second-order valence-corrected chi connectivity index (χ2v) is 13.6. The fourth-order valence-electron chi connectivity index (χ4n) is 7.02. The van der Waals surface area contributed by atoms with Crippen LogP contribution in [0, 0.1) is 5.82 Å². The van der Waals surface area contributed by atoms with Crippen molar-refractivity contribution < 1.29 is 33.2 Å². The summed E-state index contributed by atoms with van der Waals surface area (Å²) < 4.78 is 15.1. The van der Waals surface area contributed by atoms with E-state index in [-0.39, 0.29) is 65.9 Å². The fourth-order valence-corrected chi connectivity index (χ4v) is 7.02. The summed E-state index contributed by atoms with van der Waals surface area (Å²) in [5.74, 6) is -2.89. The summed E-state index contributed by atoms with van der Waals surface area (Å²) in [7, 11) is 0. The van der Waals surface area contributed by atoms with Crippen LogP contribution < -0.4 is 5.32 Å². The van der Waals surface area contributed by atoms with Crippen molar-refractivity contribution >= 4 is 46.2 Å². The number of unbranched alkanes of at least 4 members (excludes halogenated alkanes) is 4. The highest BCUT2D eigenvalue weighted by Crippen LogP contribution is 2.26. The van der Waals surface area contributed by atoms with Crippen molar-refractivity contribution in [3.63, 3.8) is 0 Å². The lowest BCUT2D eigenvalue weighted by molar-refractivity contribution is -0.132. The maximum Gasteiger partial charge on any atom is 0.295 e. The molecule has 2 aliphatic heterocycles. The van der Waals surface area contributed by atoms with Gasteiger partial charge in [-0.1, -0.05) is 55.7 Å². The van der Waals surface area contributed by atoms with Crippen LogP contribution in [0.4, 0.5) is 4.39 Å². The van der Waals surface area contributed by atoms with Gasteiger partial charge in [-0.15, -0.1) is 0 Å². The summed E-state index contributed by atoms with van der Waals surface area (Å²) in [5.41, 5.74) is 1.35. The monoisotopic (exact) mass is 736 g/mol. The molecule has 5 amide bonds. The first-order valence-corrected chi connectivity index (χ1v) is 18.6. The molecule has 0 bridgehead atoms. The zero-order valence-electron chi connectivity index (χ0n) is 30.2. The molecule has 0 aliphatic carbocycles. The first kappa shape index (κ1) is 37.9. The molecule has 3 heterocycles. The van der Waals surface area contributed by atoms with Gasteiger partial charge in [-0.2, -0.15) is 0 Å². The Morgan fingerprint density at radius 1 is 0.593 bits per heavy atom. The van der Waals surface area contributed by atoms with E-state index in [1.807, 2.05) is 29.2 Å². The number of hydrogen-bond acceptors (Lipinski definition) is 6. The average molecular weight is 737 g/mol. The number of Topliss-reactive ketones (excluding diaryl/α,β-unsaturated/α-hetero) is 1. The lowest BCUT2D eigenvalue weighted by atomic mass is 10.0. The highest BCUT2D eigenvalue weighted by atomic mass is 19.1. The van der Waals surface area contributed by atoms with Crippen LogP contribution in [0.2, 0.25) is 0 Å². The van der Waals surface area contributed by atoms with E-state index >= 15 is 4.39 Å². The molecule has 0 unspecified atom stereocenters. The number of fused-ring (bicyclic) bond motifs is 1. The van der Waals surface area contributed by atoms with Gasteiger partial charge in [0.25, 0.3) is 29.4 Å². The third kappa shape index (κ3) is 8.84. The van der Waals surface area contributed by atoms with Crippen LogP contribution >= 0.6 is 0 Å². The van der Waals surface area contributed by atoms with Crippen LogP contribution in [0.25, 0.3) is 10.9 Å². The normalized spacial score (nSPS) is 14.6. The third-order valence-corrected chi connectivity index (χ3v) is 10.1. The second-order valence-electron chi connectivity index (χ2n) is 13.6. The lowest BCUT2D eigenvalue weighted by Crippen LogP contribution is -2.52. The number of rotatable bonds is 13. The molecule has 6 rings (SSSR count). The number of aromatic nitrogens is 1. The summed E-state index contributed by atoms with van der Waals surface area (Å²) in [6, 6.07) is 20.5. The summed E-state index contributed by atoms with van der Waals surface area (Å²) in [5, 5.41) is 2.75. The van der Waals surface area contributed by atoms with Gasteiger partial charge in [0.05, 0.1) is 16.6 Å². The molecule has 2 fully saturated rings. The Labute approximate surface area is 313 Å². The van der Waals surface area contributed by atoms with Gasteiger partial charge in [-0.3, -0.25) is 28.8 Å². The molecule has 282 valence electrons. The number of H-pyrrole nitrogens is 1. The molecule has 13 heteroatoms. The minimum Gasteiger partial charge on any atom is -0.360 e. The Morgan fingerprint density at radius 3 is 1.70 bits per heavy atom. The van der Waals surface area contributed by atoms with Crippen molar-refractivity contribution in [2.45, 2.75) is 38.5 Å². The Balaban J connectivity index is 0.900. The van der Waals surface area contributed by atoms with Crippen LogP contribution in [0.1, 0.15) is 80.0 Å². The predicted octanol–water partition coefficient (Wildman–Crippen LogP) is 4.53. The van der Waals surface area contributed by atoms with E-state index in [0.29, 0.717) is 56.7 Å². The van der Waals surface area contributed by atoms with E-state index in [2.05, 4.69) is 10.3 Å². The molecule has 4 aromatic rings. The van der Waals surface area contributed by atoms with Crippen molar-refractivity contribution in [1.29, 1.82) is 0 Å². The number of aromatic amines is 1. The SMILES string of the molecule is O=C(NCCCCCCCC(=O)N1CCN(C(=O)c2ccccc2)CC1)c1ccc(F)c2c(C(=O)C(=O)N3CCN(C(=O)c4ccccc4)CC3)c[nH]c12. The van der Waals surface area contributed by atoms with E-state index in [4.69, 9.17) is 0 Å². The minimum absolute atomic E-state index is 0.00918. The topological polar surface area (TPSA) is 143 Å². The second kappa shape index (κ2) is 17.8. The van der Waals surface area contributed by atoms with Gasteiger partial charge in [0.2, 0.25) is 5.91 Å². The van der Waals surface area contributed by atoms with Crippen LogP contribution in [0.5, 0.6) is 0 Å². The Hall–Kier alpha value is -5.85. The Morgan fingerprint density at radius 2 is 1.11 bits per heavy atom. The van der Waals surface area contributed by atoms with Crippen molar-refractivity contribution in [3.05, 3.63) is 107 Å². The number of amides is 5. The molecule has 1 aromatic heterocycles. The highest BCUT2D eigenvalue weighted by molar-refractivity contribution is 6.45. The lowest BCUT2D eigenvalue weighted by Gasteiger charge is -2.35. The van der Waals surface area contributed by atoms with Crippen LogP contribution in [-0.2, 0) is 9.59 Å². The number of halogens is 1. The molecule has 54 heavy (non-hydrogen) atoms. The zero-order valence-corrected chi connectivity index (χ0v) is 30.2. The van der Waals surface area contributed by atoms with Gasteiger partial charge in [-0.05, 0) is 49.2 Å². The van der Waals surface area contributed by atoms with Crippen molar-refractivity contribution in [3.8, 4) is 0 Å². The minimum atomic E-state index is -0.889. The number of piperazine rings is 2. The molecular weight excluding hydrogens is 691 g/mol. The van der Waals surface area contributed by atoms with Gasteiger partial charge in [0.1, 0.15) is 5.82 Å². The number of nitrogens with zero attached hydrogens (tertiary/aromatic N) is 4. The predicted molar refractivity (Wildman–Crippen MR) is 200 cm³/mol. The van der Waals surface area contributed by atoms with Crippen LogP contribution in [0.3, 0.4) is 0 Å². The first-order valence-electron chi connectivity index (χ1n) is 18.6. The van der Waals surface area contributed by atoms with E-state index in [0.717, 1.165) is 31.7 Å². The molecule has 0 radical (unpaired) electrons. The van der Waals surface area contributed by atoms with Crippen molar-refractivity contribution in [2.75, 3.05) is 58.9 Å². The molecule has 3 aromatic carbocycles. The molecule has 0 saturated carbocycles. The van der Waals surface area contributed by atoms with Crippen molar-refractivity contribution in [2.24, 2.45) is 0 Å². The standard InChI is InChI=1S/C41H45FN6O6/c42-33-18-17-31(36-35(33)32(28-44-36)37(50)41(54)48-26-24-47(25-27-48)40(53)30-14-8-5-9-15-30)38(51)43-19-11-3-1-2-10-16-34(49)45-20-22-46(23-21-45)39(52)29-12-6-4-7-13-29/h4-9,12-15,17-18,28,44H,1-3,10-11,16,19-27H2,(H,43,51). The number of ketones is 1. The maximum absolute atomic E-state index is 15.1. The average Bonchev–Trinajstić information content (AvgIpc) is 3.67. The molecule has 2 N–H and O–H groups in total. The smallest absolute Gasteiger partial charge is 0.295 e. The summed E-state index contributed by atoms with van der Waals surface area (Å²) in [4.78, 5) is 87.2. The van der Waals surface area contributed by atoms with Gasteiger partial charge in [0, 0.05) is 88.0 Å². The van der Waals surface area contributed by atoms with Gasteiger partial charge >= 0.3 is 0 Å². The summed E-state index contributed by atoms with van der Waals surface area (Å²) in [6.07, 6.45) is 5.84. The molecule has 2 aliphatic rings. The Bertz CT molecular complexity index is 1990. The highest BCUT2D eigenvalue weighted by Gasteiger charge is 2.31. The van der Waals surface area contributed by atoms with Gasteiger partial charge in [-0.25, -0.2) is 4.39 Å². The number of carbonyl (C=O) groups excluding carboxylic acids is 6. The van der Waals surface area contributed by atoms with E-state index < -0.39 is 23.4 Å². The summed E-state index contributed by atoms with van der Waals surface area (Å²) in [6.45, 7) is 3.36. The first-order chi connectivity index (χ1) is 26.2. The van der Waals surface area contributed by atoms with Crippen molar-refractivity contribution in [1.82, 2.24) is 29.9 Å². The molecule has 0 atom stereocenters. The van der Waals surface area contributed by atoms with Crippen LogP contribution in [-0.4, -0.2) is 119 Å². The summed E-state index contributed by atoms with van der Waals surface area (Å²) >= 11 is 0. The number of nitrogens with one attached hydrogen (secondary N) is 2. The third-order valence-electron chi connectivity index (χ3n) is 10.1. The fraction of sp³-hybridized carbons (Fsp3) is 0.366. The van der Waals surface area contributed by atoms with Crippen LogP contribution in [0.15, 0.2) is 79.0 Å². The Kier molecular flexibility index (Phi) is 12.5. The van der Waals surface area contributed by atoms with Gasteiger partial charge in [0.15, 0.2) is 0 Å². The van der Waals surface area contributed by atoms with E-state index in [1.165, 1.54) is 17.2 Å².